The van der Waals surface area contributed by atoms with Crippen molar-refractivity contribution >= 4 is 34.9 Å². The van der Waals surface area contributed by atoms with Crippen LogP contribution in [0.5, 0.6) is 5.75 Å². The monoisotopic (exact) mass is 463 g/mol. The fourth-order valence-electron chi connectivity index (χ4n) is 3.84. The molecule has 2 heterocycles. The van der Waals surface area contributed by atoms with Crippen molar-refractivity contribution in [1.29, 1.82) is 0 Å². The van der Waals surface area contributed by atoms with E-state index in [4.69, 9.17) is 9.47 Å². The third-order valence-electron chi connectivity index (χ3n) is 5.35. The molecule has 1 aliphatic rings. The van der Waals surface area contributed by atoms with Crippen LogP contribution in [0.3, 0.4) is 0 Å². The zero-order valence-electron chi connectivity index (χ0n) is 19.0. The van der Waals surface area contributed by atoms with E-state index < -0.39 is 6.04 Å². The molecule has 2 aromatic carbocycles. The summed E-state index contributed by atoms with van der Waals surface area (Å²) in [6.45, 7) is 1.67. The molecule has 0 bridgehead atoms. The van der Waals surface area contributed by atoms with Gasteiger partial charge in [0.05, 0.1) is 25.8 Å². The van der Waals surface area contributed by atoms with Gasteiger partial charge in [-0.2, -0.15) is 5.10 Å². The van der Waals surface area contributed by atoms with E-state index in [-0.39, 0.29) is 30.7 Å². The van der Waals surface area contributed by atoms with Crippen LogP contribution in [0.15, 0.2) is 48.5 Å². The Bertz CT molecular complexity index is 1220. The van der Waals surface area contributed by atoms with Gasteiger partial charge in [0, 0.05) is 31.0 Å². The Kier molecular flexibility index (Phi) is 6.60. The highest BCUT2D eigenvalue weighted by Gasteiger charge is 2.37. The van der Waals surface area contributed by atoms with Crippen LogP contribution in [0, 0.1) is 0 Å². The first-order chi connectivity index (χ1) is 16.4. The van der Waals surface area contributed by atoms with Crippen LogP contribution in [-0.4, -0.2) is 41.7 Å². The van der Waals surface area contributed by atoms with Crippen LogP contribution in [-0.2, 0) is 25.7 Å². The normalized spacial score (nSPS) is 14.3. The van der Waals surface area contributed by atoms with E-state index in [2.05, 4.69) is 21.0 Å². The van der Waals surface area contributed by atoms with Gasteiger partial charge in [0.2, 0.25) is 11.8 Å². The summed E-state index contributed by atoms with van der Waals surface area (Å²) >= 11 is 0. The number of fused-ring (bicyclic) bond motifs is 1. The van der Waals surface area contributed by atoms with Crippen molar-refractivity contribution in [3.8, 4) is 16.9 Å². The molecule has 3 amide bonds. The molecule has 1 aliphatic heterocycles. The van der Waals surface area contributed by atoms with E-state index in [0.717, 1.165) is 11.1 Å². The summed E-state index contributed by atoms with van der Waals surface area (Å²) in [6, 6.07) is 13.3. The molecule has 0 saturated carbocycles. The number of carbonyl (C=O) groups is 3. The van der Waals surface area contributed by atoms with Crippen molar-refractivity contribution < 1.29 is 23.9 Å². The number of ether oxygens (including phenoxy) is 2. The molecule has 3 N–H and O–H groups in total. The highest BCUT2D eigenvalue weighted by molar-refractivity contribution is 6.04. The second kappa shape index (κ2) is 9.75. The van der Waals surface area contributed by atoms with Gasteiger partial charge >= 0.3 is 0 Å². The first-order valence-electron chi connectivity index (χ1n) is 10.6. The summed E-state index contributed by atoms with van der Waals surface area (Å²) < 4.78 is 12.1. The average molecular weight is 463 g/mol. The molecule has 3 aromatic rings. The summed E-state index contributed by atoms with van der Waals surface area (Å²) in [4.78, 5) is 36.6. The van der Waals surface area contributed by atoms with Crippen LogP contribution in [0.25, 0.3) is 11.1 Å². The van der Waals surface area contributed by atoms with Gasteiger partial charge in [0.15, 0.2) is 0 Å². The molecule has 1 atom stereocenters. The van der Waals surface area contributed by atoms with Gasteiger partial charge in [0.1, 0.15) is 17.6 Å². The SMILES string of the molecule is COCc1nn2c(c1-c1ccc(OC)cc1)NC(=O)C2CC(=O)Nc1ccc(NC(C)=O)cc1. The smallest absolute Gasteiger partial charge is 0.251 e. The summed E-state index contributed by atoms with van der Waals surface area (Å²) in [5.74, 6) is 0.414. The van der Waals surface area contributed by atoms with Crippen molar-refractivity contribution in [2.75, 3.05) is 30.2 Å². The molecular weight excluding hydrogens is 438 g/mol. The maximum absolute atomic E-state index is 12.7. The standard InChI is InChI=1S/C24H25N5O5/c1-14(30)25-16-6-8-17(9-7-16)26-21(31)12-20-24(32)27-23-22(19(13-33-2)28-29(20)23)15-4-10-18(34-3)11-5-15/h4-11,20H,12-13H2,1-3H3,(H,25,30)(H,26,31)(H,27,32). The Morgan fingerprint density at radius 1 is 1.03 bits per heavy atom. The summed E-state index contributed by atoms with van der Waals surface area (Å²) in [5.41, 5.74) is 3.42. The van der Waals surface area contributed by atoms with E-state index in [1.165, 1.54) is 6.92 Å². The van der Waals surface area contributed by atoms with Gasteiger partial charge in [-0.3, -0.25) is 14.4 Å². The number of rotatable bonds is 8. The predicted octanol–water partition coefficient (Wildman–Crippen LogP) is 3.19. The Balaban J connectivity index is 1.54. The fourth-order valence-corrected chi connectivity index (χ4v) is 3.84. The summed E-state index contributed by atoms with van der Waals surface area (Å²) in [6.07, 6.45) is -0.0948. The lowest BCUT2D eigenvalue weighted by Gasteiger charge is -2.11. The van der Waals surface area contributed by atoms with Gasteiger partial charge in [-0.25, -0.2) is 4.68 Å². The van der Waals surface area contributed by atoms with Crippen molar-refractivity contribution in [2.24, 2.45) is 0 Å². The number of nitrogens with one attached hydrogen (secondary N) is 3. The molecule has 0 fully saturated rings. The van der Waals surface area contributed by atoms with E-state index in [1.807, 2.05) is 24.3 Å². The summed E-state index contributed by atoms with van der Waals surface area (Å²) in [5, 5.41) is 12.9. The number of carbonyl (C=O) groups excluding carboxylic acids is 3. The van der Waals surface area contributed by atoms with Crippen molar-refractivity contribution in [2.45, 2.75) is 26.0 Å². The van der Waals surface area contributed by atoms with E-state index in [0.29, 0.717) is 28.6 Å². The third-order valence-corrected chi connectivity index (χ3v) is 5.35. The van der Waals surface area contributed by atoms with Crippen LogP contribution >= 0.6 is 0 Å². The minimum absolute atomic E-state index is 0.0948. The van der Waals surface area contributed by atoms with Crippen molar-refractivity contribution in [1.82, 2.24) is 9.78 Å². The minimum Gasteiger partial charge on any atom is -0.497 e. The summed E-state index contributed by atoms with van der Waals surface area (Å²) in [7, 11) is 3.17. The number of benzene rings is 2. The number of amides is 3. The van der Waals surface area contributed by atoms with E-state index in [1.54, 1.807) is 43.2 Å². The molecule has 10 heteroatoms. The predicted molar refractivity (Wildman–Crippen MR) is 127 cm³/mol. The number of anilines is 3. The average Bonchev–Trinajstić information content (AvgIpc) is 3.30. The van der Waals surface area contributed by atoms with Gasteiger partial charge in [-0.15, -0.1) is 0 Å². The number of hydrogen-bond donors (Lipinski definition) is 3. The number of aromatic nitrogens is 2. The van der Waals surface area contributed by atoms with E-state index >= 15 is 0 Å². The highest BCUT2D eigenvalue weighted by Crippen LogP contribution is 2.39. The van der Waals surface area contributed by atoms with Crippen LogP contribution in [0.2, 0.25) is 0 Å². The molecule has 0 radical (unpaired) electrons. The van der Waals surface area contributed by atoms with Gasteiger partial charge in [-0.1, -0.05) is 12.1 Å². The van der Waals surface area contributed by atoms with Crippen LogP contribution in [0.1, 0.15) is 25.1 Å². The molecule has 0 spiro atoms. The quantitative estimate of drug-likeness (QED) is 0.471. The molecule has 176 valence electrons. The maximum atomic E-state index is 12.7. The lowest BCUT2D eigenvalue weighted by molar-refractivity contribution is -0.123. The second-order valence-electron chi connectivity index (χ2n) is 7.79. The number of hydrogen-bond acceptors (Lipinski definition) is 6. The molecule has 10 nitrogen and oxygen atoms in total. The van der Waals surface area contributed by atoms with Gasteiger partial charge in [-0.05, 0) is 42.0 Å². The molecular formula is C24H25N5O5. The number of methoxy groups -OCH3 is 2. The molecule has 4 rings (SSSR count). The Morgan fingerprint density at radius 2 is 1.68 bits per heavy atom. The van der Waals surface area contributed by atoms with Crippen molar-refractivity contribution in [3.63, 3.8) is 0 Å². The van der Waals surface area contributed by atoms with Gasteiger partial charge < -0.3 is 25.4 Å². The largest absolute Gasteiger partial charge is 0.497 e. The highest BCUT2D eigenvalue weighted by atomic mass is 16.5. The van der Waals surface area contributed by atoms with Gasteiger partial charge in [0.25, 0.3) is 5.91 Å². The molecule has 34 heavy (non-hydrogen) atoms. The van der Waals surface area contributed by atoms with Crippen molar-refractivity contribution in [3.05, 3.63) is 54.2 Å². The zero-order valence-corrected chi connectivity index (χ0v) is 19.0. The van der Waals surface area contributed by atoms with E-state index in [9.17, 15) is 14.4 Å². The van der Waals surface area contributed by atoms with Crippen LogP contribution < -0.4 is 20.7 Å². The third kappa shape index (κ3) is 4.76. The Morgan fingerprint density at radius 3 is 2.26 bits per heavy atom. The zero-order chi connectivity index (χ0) is 24.2. The Hall–Kier alpha value is -4.18. The fraction of sp³-hybridized carbons (Fsp3) is 0.250. The molecule has 1 unspecified atom stereocenters. The minimum atomic E-state index is -0.795. The number of nitrogens with zero attached hydrogens (tertiary/aromatic N) is 2. The molecule has 1 aromatic heterocycles. The topological polar surface area (TPSA) is 124 Å². The first kappa shape index (κ1) is 23.0. The lowest BCUT2D eigenvalue weighted by atomic mass is 10.1. The molecule has 0 aliphatic carbocycles. The second-order valence-corrected chi connectivity index (χ2v) is 7.79. The van der Waals surface area contributed by atoms with Crippen LogP contribution in [0.4, 0.5) is 17.2 Å². The first-order valence-corrected chi connectivity index (χ1v) is 10.6. The molecule has 0 saturated heterocycles. The maximum Gasteiger partial charge on any atom is 0.251 e. The Labute approximate surface area is 196 Å². The lowest BCUT2D eigenvalue weighted by Crippen LogP contribution is -2.24.